The number of nitrogens with zero attached hydrogens (tertiary/aromatic N) is 1. The fourth-order valence-electron chi connectivity index (χ4n) is 1.09. The van der Waals surface area contributed by atoms with Gasteiger partial charge in [0.15, 0.2) is 0 Å². The van der Waals surface area contributed by atoms with E-state index < -0.39 is 8.96 Å². The first-order chi connectivity index (χ1) is 5.78. The van der Waals surface area contributed by atoms with Crippen LogP contribution in [-0.4, -0.2) is 33.6 Å². The molecule has 0 saturated carbocycles. The highest BCUT2D eigenvalue weighted by molar-refractivity contribution is 6.61. The SMILES string of the molecule is C=C[SiH](CC)NCN(CC)CC. The normalized spacial score (nSPS) is 13.3. The number of nitrogens with one attached hydrogen (secondary N) is 1. The van der Waals surface area contributed by atoms with Crippen LogP contribution < -0.4 is 4.98 Å². The van der Waals surface area contributed by atoms with Crippen molar-refractivity contribution in [1.82, 2.24) is 9.88 Å². The maximum Gasteiger partial charge on any atom is 0.133 e. The Morgan fingerprint density at radius 2 is 1.92 bits per heavy atom. The minimum atomic E-state index is -0.804. The number of rotatable bonds is 7. The van der Waals surface area contributed by atoms with E-state index in [4.69, 9.17) is 0 Å². The zero-order valence-electron chi connectivity index (χ0n) is 8.64. The van der Waals surface area contributed by atoms with E-state index in [1.807, 2.05) is 0 Å². The number of hydrogen-bond donors (Lipinski definition) is 1. The third kappa shape index (κ3) is 4.69. The second-order valence-electron chi connectivity index (χ2n) is 2.92. The van der Waals surface area contributed by atoms with E-state index >= 15 is 0 Å². The van der Waals surface area contributed by atoms with Crippen molar-refractivity contribution in [2.45, 2.75) is 26.8 Å². The highest BCUT2D eigenvalue weighted by atomic mass is 28.3. The molecule has 12 heavy (non-hydrogen) atoms. The number of hydrogen-bond acceptors (Lipinski definition) is 2. The standard InChI is InChI=1S/C9H22N2Si/c1-5-11(6-2)9-10-12(7-3)8-4/h7,10,12H,3,5-6,8-9H2,1-2,4H3. The van der Waals surface area contributed by atoms with Gasteiger partial charge in [-0.05, 0) is 19.1 Å². The molecule has 0 spiro atoms. The van der Waals surface area contributed by atoms with Crippen molar-refractivity contribution in [2.24, 2.45) is 0 Å². The molecule has 1 atom stereocenters. The van der Waals surface area contributed by atoms with Crippen LogP contribution >= 0.6 is 0 Å². The first kappa shape index (κ1) is 11.9. The molecule has 0 aromatic heterocycles. The Hall–Kier alpha value is -0.123. The van der Waals surface area contributed by atoms with Crippen molar-refractivity contribution in [3.8, 4) is 0 Å². The molecule has 0 saturated heterocycles. The first-order valence-electron chi connectivity index (χ1n) is 4.86. The van der Waals surface area contributed by atoms with Gasteiger partial charge in [0.2, 0.25) is 0 Å². The van der Waals surface area contributed by atoms with Crippen molar-refractivity contribution in [2.75, 3.05) is 19.8 Å². The van der Waals surface area contributed by atoms with Gasteiger partial charge in [0, 0.05) is 6.67 Å². The second-order valence-corrected chi connectivity index (χ2v) is 5.83. The Balaban J connectivity index is 3.55. The van der Waals surface area contributed by atoms with Crippen LogP contribution in [0.1, 0.15) is 20.8 Å². The lowest BCUT2D eigenvalue weighted by Crippen LogP contribution is -2.41. The fourth-order valence-corrected chi connectivity index (χ4v) is 2.37. The molecule has 0 aliphatic carbocycles. The van der Waals surface area contributed by atoms with E-state index in [1.165, 1.54) is 6.04 Å². The molecule has 0 aliphatic heterocycles. The van der Waals surface area contributed by atoms with Crippen LogP contribution in [0.15, 0.2) is 12.3 Å². The van der Waals surface area contributed by atoms with Crippen molar-refractivity contribution in [3.63, 3.8) is 0 Å². The fraction of sp³-hybridized carbons (Fsp3) is 0.778. The summed E-state index contributed by atoms with van der Waals surface area (Å²) in [6, 6.07) is 1.25. The van der Waals surface area contributed by atoms with E-state index in [0.717, 1.165) is 19.8 Å². The predicted molar refractivity (Wildman–Crippen MR) is 58.8 cm³/mol. The van der Waals surface area contributed by atoms with Gasteiger partial charge in [0.1, 0.15) is 8.96 Å². The molecule has 0 heterocycles. The molecule has 0 rings (SSSR count). The summed E-state index contributed by atoms with van der Waals surface area (Å²) < 4.78 is 0. The Labute approximate surface area is 78.3 Å². The molecule has 0 aromatic carbocycles. The Morgan fingerprint density at radius 3 is 2.25 bits per heavy atom. The zero-order chi connectivity index (χ0) is 9.40. The highest BCUT2D eigenvalue weighted by Crippen LogP contribution is 1.89. The van der Waals surface area contributed by atoms with Crippen LogP contribution in [0.4, 0.5) is 0 Å². The van der Waals surface area contributed by atoms with Crippen molar-refractivity contribution in [3.05, 3.63) is 12.3 Å². The average Bonchev–Trinajstić information content (AvgIpc) is 2.13. The second kappa shape index (κ2) is 7.52. The van der Waals surface area contributed by atoms with E-state index in [-0.39, 0.29) is 0 Å². The molecule has 0 amide bonds. The lowest BCUT2D eigenvalue weighted by molar-refractivity contribution is 0.300. The average molecular weight is 186 g/mol. The molecule has 0 fully saturated rings. The van der Waals surface area contributed by atoms with E-state index in [1.54, 1.807) is 0 Å². The Morgan fingerprint density at radius 1 is 1.33 bits per heavy atom. The topological polar surface area (TPSA) is 15.3 Å². The van der Waals surface area contributed by atoms with Crippen molar-refractivity contribution < 1.29 is 0 Å². The Kier molecular flexibility index (Phi) is 7.44. The van der Waals surface area contributed by atoms with E-state index in [2.05, 4.69) is 42.9 Å². The van der Waals surface area contributed by atoms with Gasteiger partial charge in [0.05, 0.1) is 0 Å². The van der Waals surface area contributed by atoms with Gasteiger partial charge in [-0.15, -0.1) is 6.58 Å². The lowest BCUT2D eigenvalue weighted by Gasteiger charge is -2.21. The smallest absolute Gasteiger partial charge is 0.133 e. The van der Waals surface area contributed by atoms with Crippen molar-refractivity contribution >= 4 is 8.96 Å². The van der Waals surface area contributed by atoms with Gasteiger partial charge in [0.25, 0.3) is 0 Å². The van der Waals surface area contributed by atoms with Gasteiger partial charge < -0.3 is 4.98 Å². The highest BCUT2D eigenvalue weighted by Gasteiger charge is 2.03. The molecule has 72 valence electrons. The molecular weight excluding hydrogens is 164 g/mol. The summed E-state index contributed by atoms with van der Waals surface area (Å²) in [6.45, 7) is 13.8. The van der Waals surface area contributed by atoms with Crippen LogP contribution in [0.25, 0.3) is 0 Å². The van der Waals surface area contributed by atoms with Crippen LogP contribution in [-0.2, 0) is 0 Å². The molecular formula is C9H22N2Si. The summed E-state index contributed by atoms with van der Waals surface area (Å²) in [5.74, 6) is 0. The molecule has 3 heteroatoms. The summed E-state index contributed by atoms with van der Waals surface area (Å²) in [7, 11) is -0.804. The summed E-state index contributed by atoms with van der Waals surface area (Å²) >= 11 is 0. The summed E-state index contributed by atoms with van der Waals surface area (Å²) in [6.07, 6.45) is 0. The van der Waals surface area contributed by atoms with E-state index in [0.29, 0.717) is 0 Å². The third-order valence-corrected chi connectivity index (χ3v) is 4.35. The molecule has 1 unspecified atom stereocenters. The molecule has 0 aliphatic rings. The monoisotopic (exact) mass is 186 g/mol. The van der Waals surface area contributed by atoms with Crippen LogP contribution in [0.2, 0.25) is 6.04 Å². The van der Waals surface area contributed by atoms with Crippen LogP contribution in [0.5, 0.6) is 0 Å². The van der Waals surface area contributed by atoms with Gasteiger partial charge in [-0.25, -0.2) is 0 Å². The van der Waals surface area contributed by atoms with Crippen molar-refractivity contribution in [1.29, 1.82) is 0 Å². The van der Waals surface area contributed by atoms with Crippen LogP contribution in [0, 0.1) is 0 Å². The lowest BCUT2D eigenvalue weighted by atomic mass is 10.6. The first-order valence-corrected chi connectivity index (χ1v) is 6.92. The Bertz CT molecular complexity index is 113. The molecule has 1 N–H and O–H groups in total. The van der Waals surface area contributed by atoms with Gasteiger partial charge in [-0.1, -0.05) is 26.5 Å². The van der Waals surface area contributed by atoms with Gasteiger partial charge in [-0.2, -0.15) is 0 Å². The third-order valence-electron chi connectivity index (χ3n) is 2.20. The molecule has 2 nitrogen and oxygen atoms in total. The summed E-state index contributed by atoms with van der Waals surface area (Å²) in [5.41, 5.74) is 2.11. The largest absolute Gasteiger partial charge is 0.324 e. The van der Waals surface area contributed by atoms with Crippen LogP contribution in [0.3, 0.4) is 0 Å². The minimum Gasteiger partial charge on any atom is -0.324 e. The zero-order valence-corrected chi connectivity index (χ0v) is 9.79. The van der Waals surface area contributed by atoms with Gasteiger partial charge >= 0.3 is 0 Å². The quantitative estimate of drug-likeness (QED) is 0.477. The molecule has 0 radical (unpaired) electrons. The summed E-state index contributed by atoms with van der Waals surface area (Å²) in [4.78, 5) is 5.96. The van der Waals surface area contributed by atoms with Gasteiger partial charge in [-0.3, -0.25) is 4.90 Å². The predicted octanol–water partition coefficient (Wildman–Crippen LogP) is 1.34. The minimum absolute atomic E-state index is 0.804. The maximum absolute atomic E-state index is 3.84. The maximum atomic E-state index is 3.84. The van der Waals surface area contributed by atoms with E-state index in [9.17, 15) is 0 Å². The summed E-state index contributed by atoms with van der Waals surface area (Å²) in [5, 5.41) is 0. The molecule has 0 bridgehead atoms. The molecule has 0 aromatic rings.